The molecule has 20 heavy (non-hydrogen) atoms. The third kappa shape index (κ3) is 2.63. The smallest absolute Gasteiger partial charge is 0.163 e. The molecule has 1 aliphatic rings. The van der Waals surface area contributed by atoms with Crippen LogP contribution in [0.5, 0.6) is 11.5 Å². The van der Waals surface area contributed by atoms with E-state index in [0.717, 1.165) is 34.7 Å². The summed E-state index contributed by atoms with van der Waals surface area (Å²) in [6, 6.07) is 8.13. The normalized spacial score (nSPS) is 13.3. The Labute approximate surface area is 126 Å². The number of hydrogen-bond donors (Lipinski definition) is 1. The Hall–Kier alpha value is -1.62. The van der Waals surface area contributed by atoms with Gasteiger partial charge in [0, 0.05) is 35.0 Å². The molecule has 0 saturated heterocycles. The highest BCUT2D eigenvalue weighted by Crippen LogP contribution is 2.38. The molecule has 0 amide bonds. The van der Waals surface area contributed by atoms with Crippen LogP contribution >= 0.6 is 15.9 Å². The Kier molecular flexibility index (Phi) is 3.87. The van der Waals surface area contributed by atoms with E-state index in [2.05, 4.69) is 51.1 Å². The number of fused-ring (bicyclic) bond motifs is 1. The second-order valence-electron chi connectivity index (χ2n) is 4.61. The lowest BCUT2D eigenvalue weighted by Crippen LogP contribution is -2.15. The molecule has 0 bridgehead atoms. The van der Waals surface area contributed by atoms with Crippen LogP contribution in [0, 0.1) is 0 Å². The lowest BCUT2D eigenvalue weighted by atomic mass is 10.2. The van der Waals surface area contributed by atoms with Crippen LogP contribution in [-0.2, 0) is 13.1 Å². The number of rotatable bonds is 4. The van der Waals surface area contributed by atoms with E-state index in [9.17, 15) is 0 Å². The van der Waals surface area contributed by atoms with Crippen LogP contribution in [0.25, 0.3) is 0 Å². The predicted molar refractivity (Wildman–Crippen MR) is 82.6 cm³/mol. The van der Waals surface area contributed by atoms with Crippen LogP contribution in [0.15, 0.2) is 34.9 Å². The molecule has 0 fully saturated rings. The third-order valence-electron chi connectivity index (χ3n) is 3.36. The fourth-order valence-corrected chi connectivity index (χ4v) is 2.77. The minimum Gasteiger partial charge on any atom is -0.486 e. The van der Waals surface area contributed by atoms with Crippen molar-refractivity contribution >= 4 is 21.6 Å². The van der Waals surface area contributed by atoms with Crippen molar-refractivity contribution in [1.82, 2.24) is 4.57 Å². The van der Waals surface area contributed by atoms with Gasteiger partial charge in [-0.2, -0.15) is 0 Å². The van der Waals surface area contributed by atoms with Gasteiger partial charge in [-0.15, -0.1) is 0 Å². The third-order valence-corrected chi connectivity index (χ3v) is 4.01. The Morgan fingerprint density at radius 3 is 2.75 bits per heavy atom. The van der Waals surface area contributed by atoms with Crippen molar-refractivity contribution in [3.63, 3.8) is 0 Å². The highest BCUT2D eigenvalue weighted by atomic mass is 79.9. The molecule has 2 aromatic rings. The molecular formula is C15H17BrN2O2. The average Bonchev–Trinajstić information content (AvgIpc) is 2.92. The van der Waals surface area contributed by atoms with Crippen LogP contribution in [-0.4, -0.2) is 17.8 Å². The highest BCUT2D eigenvalue weighted by molar-refractivity contribution is 9.10. The largest absolute Gasteiger partial charge is 0.486 e. The topological polar surface area (TPSA) is 35.4 Å². The molecule has 1 aromatic carbocycles. The van der Waals surface area contributed by atoms with Crippen molar-refractivity contribution in [2.75, 3.05) is 18.5 Å². The van der Waals surface area contributed by atoms with Gasteiger partial charge in [0.25, 0.3) is 0 Å². The van der Waals surface area contributed by atoms with E-state index < -0.39 is 0 Å². The van der Waals surface area contributed by atoms with Crippen LogP contribution in [0.3, 0.4) is 0 Å². The maximum Gasteiger partial charge on any atom is 0.163 e. The van der Waals surface area contributed by atoms with Crippen molar-refractivity contribution in [2.45, 2.75) is 20.0 Å². The van der Waals surface area contributed by atoms with Gasteiger partial charge in [0.05, 0.1) is 12.2 Å². The van der Waals surface area contributed by atoms with Crippen molar-refractivity contribution in [2.24, 2.45) is 0 Å². The first-order chi connectivity index (χ1) is 9.78. The summed E-state index contributed by atoms with van der Waals surface area (Å²) in [6.45, 7) is 5.11. The van der Waals surface area contributed by atoms with Crippen molar-refractivity contribution in [1.29, 1.82) is 0 Å². The summed E-state index contributed by atoms with van der Waals surface area (Å²) in [5.41, 5.74) is 2.27. The zero-order chi connectivity index (χ0) is 13.9. The van der Waals surface area contributed by atoms with Crippen LogP contribution in [0.4, 0.5) is 5.69 Å². The fraction of sp³-hybridized carbons (Fsp3) is 0.333. The molecule has 106 valence electrons. The zero-order valence-corrected chi connectivity index (χ0v) is 12.9. The van der Waals surface area contributed by atoms with Gasteiger partial charge in [-0.25, -0.2) is 0 Å². The SMILES string of the molecule is CCn1cccc1CNc1cc2c(cc1Br)OCCO2. The Balaban J connectivity index is 1.77. The van der Waals surface area contributed by atoms with E-state index in [1.807, 2.05) is 12.1 Å². The lowest BCUT2D eigenvalue weighted by molar-refractivity contribution is 0.171. The van der Waals surface area contributed by atoms with E-state index in [4.69, 9.17) is 9.47 Å². The van der Waals surface area contributed by atoms with E-state index >= 15 is 0 Å². The van der Waals surface area contributed by atoms with Gasteiger partial charge in [0.1, 0.15) is 13.2 Å². The van der Waals surface area contributed by atoms with Gasteiger partial charge in [-0.1, -0.05) is 0 Å². The van der Waals surface area contributed by atoms with Gasteiger partial charge in [0.2, 0.25) is 0 Å². The summed E-state index contributed by atoms with van der Waals surface area (Å²) in [6.07, 6.45) is 2.09. The standard InChI is InChI=1S/C15H17BrN2O2/c1-2-18-5-3-4-11(18)10-17-13-9-15-14(8-12(13)16)19-6-7-20-15/h3-5,8-9,17H,2,6-7,10H2,1H3. The second-order valence-corrected chi connectivity index (χ2v) is 5.47. The number of aryl methyl sites for hydroxylation is 1. The number of nitrogens with zero attached hydrogens (tertiary/aromatic N) is 1. The maximum atomic E-state index is 5.61. The second kappa shape index (κ2) is 5.79. The van der Waals surface area contributed by atoms with Crippen LogP contribution < -0.4 is 14.8 Å². The fourth-order valence-electron chi connectivity index (χ4n) is 2.30. The lowest BCUT2D eigenvalue weighted by Gasteiger charge is -2.20. The average molecular weight is 337 g/mol. The van der Waals surface area contributed by atoms with Crippen LogP contribution in [0.2, 0.25) is 0 Å². The zero-order valence-electron chi connectivity index (χ0n) is 11.4. The Bertz CT molecular complexity index is 610. The van der Waals surface area contributed by atoms with E-state index in [-0.39, 0.29) is 0 Å². The molecule has 0 atom stereocenters. The summed E-state index contributed by atoms with van der Waals surface area (Å²) >= 11 is 3.57. The summed E-state index contributed by atoms with van der Waals surface area (Å²) in [4.78, 5) is 0. The van der Waals surface area contributed by atoms with Gasteiger partial charge in [-0.05, 0) is 35.0 Å². The molecule has 0 saturated carbocycles. The van der Waals surface area contributed by atoms with Gasteiger partial charge in [0.15, 0.2) is 11.5 Å². The van der Waals surface area contributed by atoms with Crippen molar-refractivity contribution < 1.29 is 9.47 Å². The van der Waals surface area contributed by atoms with Crippen LogP contribution in [0.1, 0.15) is 12.6 Å². The quantitative estimate of drug-likeness (QED) is 0.925. The van der Waals surface area contributed by atoms with Crippen molar-refractivity contribution in [3.05, 3.63) is 40.6 Å². The number of ether oxygens (including phenoxy) is 2. The molecule has 1 aromatic heterocycles. The van der Waals surface area contributed by atoms with E-state index in [0.29, 0.717) is 13.2 Å². The predicted octanol–water partition coefficient (Wildman–Crippen LogP) is 3.65. The number of aromatic nitrogens is 1. The molecular weight excluding hydrogens is 320 g/mol. The summed E-state index contributed by atoms with van der Waals surface area (Å²) < 4.78 is 14.4. The minimum absolute atomic E-state index is 0.604. The first-order valence-electron chi connectivity index (χ1n) is 6.75. The molecule has 5 heteroatoms. The van der Waals surface area contributed by atoms with Crippen molar-refractivity contribution in [3.8, 4) is 11.5 Å². The number of hydrogen-bond acceptors (Lipinski definition) is 3. The highest BCUT2D eigenvalue weighted by Gasteiger charge is 2.14. The number of benzene rings is 1. The molecule has 3 rings (SSSR count). The van der Waals surface area contributed by atoms with E-state index in [1.54, 1.807) is 0 Å². The Morgan fingerprint density at radius 1 is 1.25 bits per heavy atom. The molecule has 0 radical (unpaired) electrons. The molecule has 0 spiro atoms. The van der Waals surface area contributed by atoms with Gasteiger partial charge in [-0.3, -0.25) is 0 Å². The molecule has 2 heterocycles. The molecule has 1 N–H and O–H groups in total. The molecule has 1 aliphatic heterocycles. The number of halogens is 1. The van der Waals surface area contributed by atoms with E-state index in [1.165, 1.54) is 5.69 Å². The molecule has 0 unspecified atom stereocenters. The molecule has 0 aliphatic carbocycles. The maximum absolute atomic E-state index is 5.61. The first kappa shape index (κ1) is 13.4. The minimum atomic E-state index is 0.604. The summed E-state index contributed by atoms with van der Waals surface area (Å²) in [7, 11) is 0. The monoisotopic (exact) mass is 336 g/mol. The Morgan fingerprint density at radius 2 is 2.00 bits per heavy atom. The number of anilines is 1. The number of nitrogens with one attached hydrogen (secondary N) is 1. The first-order valence-corrected chi connectivity index (χ1v) is 7.54. The van der Waals surface area contributed by atoms with Gasteiger partial charge >= 0.3 is 0 Å². The van der Waals surface area contributed by atoms with Gasteiger partial charge < -0.3 is 19.4 Å². The molecule has 4 nitrogen and oxygen atoms in total. The summed E-state index contributed by atoms with van der Waals surface area (Å²) in [5.74, 6) is 1.60. The summed E-state index contributed by atoms with van der Waals surface area (Å²) in [5, 5.41) is 3.44.